The standard InChI is InChI=1S/C15H18FNO3/c16-12-7-5-11(6-8-12)9-14(18)17(10-15(19)20)13-3-1-2-4-13/h5-8,13H,1-4,9-10H2,(H,19,20). The Hall–Kier alpha value is -1.91. The molecular weight excluding hydrogens is 261 g/mol. The van der Waals surface area contributed by atoms with E-state index in [0.717, 1.165) is 25.7 Å². The monoisotopic (exact) mass is 279 g/mol. The third kappa shape index (κ3) is 3.79. The molecule has 5 heteroatoms. The van der Waals surface area contributed by atoms with E-state index < -0.39 is 5.97 Å². The van der Waals surface area contributed by atoms with Crippen LogP contribution in [0.1, 0.15) is 31.2 Å². The van der Waals surface area contributed by atoms with Gasteiger partial charge < -0.3 is 10.0 Å². The first-order valence-corrected chi connectivity index (χ1v) is 6.82. The highest BCUT2D eigenvalue weighted by Gasteiger charge is 2.28. The molecule has 1 amide bonds. The third-order valence-electron chi connectivity index (χ3n) is 3.66. The molecule has 20 heavy (non-hydrogen) atoms. The Morgan fingerprint density at radius 2 is 1.80 bits per heavy atom. The lowest BCUT2D eigenvalue weighted by Crippen LogP contribution is -2.43. The molecule has 1 aromatic carbocycles. The molecule has 1 aliphatic carbocycles. The summed E-state index contributed by atoms with van der Waals surface area (Å²) in [5.74, 6) is -1.55. The summed E-state index contributed by atoms with van der Waals surface area (Å²) >= 11 is 0. The zero-order chi connectivity index (χ0) is 14.5. The van der Waals surface area contributed by atoms with Crippen LogP contribution in [0.3, 0.4) is 0 Å². The van der Waals surface area contributed by atoms with Crippen molar-refractivity contribution in [3.8, 4) is 0 Å². The normalized spacial score (nSPS) is 15.2. The summed E-state index contributed by atoms with van der Waals surface area (Å²) in [6, 6.07) is 5.75. The Balaban J connectivity index is 2.05. The number of nitrogens with zero attached hydrogens (tertiary/aromatic N) is 1. The Labute approximate surface area is 117 Å². The maximum atomic E-state index is 12.8. The van der Waals surface area contributed by atoms with Crippen molar-refractivity contribution in [1.82, 2.24) is 4.90 Å². The number of carbonyl (C=O) groups excluding carboxylic acids is 1. The smallest absolute Gasteiger partial charge is 0.323 e. The predicted molar refractivity (Wildman–Crippen MR) is 71.7 cm³/mol. The molecule has 1 saturated carbocycles. The van der Waals surface area contributed by atoms with Crippen molar-refractivity contribution in [2.45, 2.75) is 38.1 Å². The Morgan fingerprint density at radius 1 is 1.20 bits per heavy atom. The number of carboxylic acid groups (broad SMARTS) is 1. The summed E-state index contributed by atoms with van der Waals surface area (Å²) in [7, 11) is 0. The lowest BCUT2D eigenvalue weighted by Gasteiger charge is -2.27. The van der Waals surface area contributed by atoms with E-state index in [4.69, 9.17) is 5.11 Å². The van der Waals surface area contributed by atoms with E-state index in [0.29, 0.717) is 5.56 Å². The highest BCUT2D eigenvalue weighted by molar-refractivity contribution is 5.83. The highest BCUT2D eigenvalue weighted by atomic mass is 19.1. The number of aliphatic carboxylic acids is 1. The van der Waals surface area contributed by atoms with Crippen LogP contribution in [0, 0.1) is 5.82 Å². The maximum Gasteiger partial charge on any atom is 0.323 e. The summed E-state index contributed by atoms with van der Waals surface area (Å²) in [4.78, 5) is 24.7. The van der Waals surface area contributed by atoms with Crippen molar-refractivity contribution in [3.05, 3.63) is 35.6 Å². The van der Waals surface area contributed by atoms with Crippen LogP contribution >= 0.6 is 0 Å². The predicted octanol–water partition coefficient (Wildman–Crippen LogP) is 2.22. The molecule has 0 radical (unpaired) electrons. The molecule has 1 fully saturated rings. The van der Waals surface area contributed by atoms with Crippen molar-refractivity contribution in [2.75, 3.05) is 6.54 Å². The summed E-state index contributed by atoms with van der Waals surface area (Å²) in [5, 5.41) is 8.95. The Bertz CT molecular complexity index is 480. The minimum Gasteiger partial charge on any atom is -0.480 e. The number of rotatable bonds is 5. The van der Waals surface area contributed by atoms with Gasteiger partial charge in [-0.15, -0.1) is 0 Å². The number of carboxylic acids is 1. The molecule has 0 aromatic heterocycles. The fourth-order valence-corrected chi connectivity index (χ4v) is 2.66. The highest BCUT2D eigenvalue weighted by Crippen LogP contribution is 2.24. The van der Waals surface area contributed by atoms with Crippen LogP contribution in [-0.4, -0.2) is 34.5 Å². The van der Waals surface area contributed by atoms with Crippen LogP contribution in [0.5, 0.6) is 0 Å². The minimum atomic E-state index is -0.996. The van der Waals surface area contributed by atoms with Gasteiger partial charge in [0.1, 0.15) is 12.4 Å². The van der Waals surface area contributed by atoms with E-state index in [2.05, 4.69) is 0 Å². The number of hydrogen-bond acceptors (Lipinski definition) is 2. The van der Waals surface area contributed by atoms with E-state index in [1.165, 1.54) is 17.0 Å². The summed E-state index contributed by atoms with van der Waals surface area (Å²) in [6.45, 7) is -0.259. The van der Waals surface area contributed by atoms with E-state index in [1.807, 2.05) is 0 Å². The van der Waals surface area contributed by atoms with Gasteiger partial charge in [-0.25, -0.2) is 4.39 Å². The number of amides is 1. The van der Waals surface area contributed by atoms with E-state index in [1.54, 1.807) is 12.1 Å². The van der Waals surface area contributed by atoms with Crippen molar-refractivity contribution in [1.29, 1.82) is 0 Å². The molecule has 0 bridgehead atoms. The van der Waals surface area contributed by atoms with Gasteiger partial charge in [0.2, 0.25) is 5.91 Å². The topological polar surface area (TPSA) is 57.6 Å². The molecular formula is C15H18FNO3. The van der Waals surface area contributed by atoms with Crippen molar-refractivity contribution in [2.24, 2.45) is 0 Å². The fraction of sp³-hybridized carbons (Fsp3) is 0.467. The van der Waals surface area contributed by atoms with Gasteiger partial charge in [-0.3, -0.25) is 9.59 Å². The van der Waals surface area contributed by atoms with E-state index >= 15 is 0 Å². The van der Waals surface area contributed by atoms with Gasteiger partial charge in [-0.1, -0.05) is 25.0 Å². The van der Waals surface area contributed by atoms with Crippen LogP contribution in [0.4, 0.5) is 4.39 Å². The molecule has 0 aliphatic heterocycles. The first-order valence-electron chi connectivity index (χ1n) is 6.82. The van der Waals surface area contributed by atoms with Crippen molar-refractivity contribution >= 4 is 11.9 Å². The van der Waals surface area contributed by atoms with Gasteiger partial charge in [0, 0.05) is 6.04 Å². The molecule has 108 valence electrons. The second kappa shape index (κ2) is 6.50. The van der Waals surface area contributed by atoms with Gasteiger partial charge in [0.15, 0.2) is 0 Å². The number of hydrogen-bond donors (Lipinski definition) is 1. The van der Waals surface area contributed by atoms with Crippen LogP contribution in [-0.2, 0) is 16.0 Å². The van der Waals surface area contributed by atoms with Crippen LogP contribution in [0.2, 0.25) is 0 Å². The average molecular weight is 279 g/mol. The lowest BCUT2D eigenvalue weighted by atomic mass is 10.1. The third-order valence-corrected chi connectivity index (χ3v) is 3.66. The first-order chi connectivity index (χ1) is 9.56. The SMILES string of the molecule is O=C(O)CN(C(=O)Cc1ccc(F)cc1)C1CCCC1. The van der Waals surface area contributed by atoms with E-state index in [9.17, 15) is 14.0 Å². The number of benzene rings is 1. The zero-order valence-corrected chi connectivity index (χ0v) is 11.2. The molecule has 0 unspecified atom stereocenters. The summed E-state index contributed by atoms with van der Waals surface area (Å²) in [6.07, 6.45) is 3.91. The van der Waals surface area contributed by atoms with Crippen molar-refractivity contribution < 1.29 is 19.1 Å². The fourth-order valence-electron chi connectivity index (χ4n) is 2.66. The molecule has 0 atom stereocenters. The van der Waals surface area contributed by atoms with Gasteiger partial charge in [-0.05, 0) is 30.5 Å². The maximum absolute atomic E-state index is 12.8. The molecule has 0 saturated heterocycles. The second-order valence-corrected chi connectivity index (χ2v) is 5.16. The Morgan fingerprint density at radius 3 is 2.35 bits per heavy atom. The van der Waals surface area contributed by atoms with Gasteiger partial charge in [-0.2, -0.15) is 0 Å². The second-order valence-electron chi connectivity index (χ2n) is 5.16. The number of carbonyl (C=O) groups is 2. The van der Waals surface area contributed by atoms with Gasteiger partial charge in [0.05, 0.1) is 6.42 Å². The van der Waals surface area contributed by atoms with Crippen molar-refractivity contribution in [3.63, 3.8) is 0 Å². The molecule has 2 rings (SSSR count). The molecule has 4 nitrogen and oxygen atoms in total. The minimum absolute atomic E-state index is 0.0269. The van der Waals surface area contributed by atoms with Gasteiger partial charge in [0.25, 0.3) is 0 Å². The number of halogens is 1. The quantitative estimate of drug-likeness (QED) is 0.899. The van der Waals surface area contributed by atoms with Crippen LogP contribution in [0.15, 0.2) is 24.3 Å². The molecule has 0 heterocycles. The molecule has 1 aliphatic rings. The molecule has 1 N–H and O–H groups in total. The molecule has 1 aromatic rings. The Kier molecular flexibility index (Phi) is 4.71. The largest absolute Gasteiger partial charge is 0.480 e. The average Bonchev–Trinajstić information content (AvgIpc) is 2.92. The van der Waals surface area contributed by atoms with Gasteiger partial charge >= 0.3 is 5.97 Å². The van der Waals surface area contributed by atoms with E-state index in [-0.39, 0.29) is 30.7 Å². The summed E-state index contributed by atoms with van der Waals surface area (Å²) in [5.41, 5.74) is 0.699. The van der Waals surface area contributed by atoms with Crippen LogP contribution < -0.4 is 0 Å². The first kappa shape index (κ1) is 14.5. The zero-order valence-electron chi connectivity index (χ0n) is 11.2. The summed E-state index contributed by atoms with van der Waals surface area (Å²) < 4.78 is 12.8. The molecule has 0 spiro atoms. The lowest BCUT2D eigenvalue weighted by molar-refractivity contribution is -0.145. The van der Waals surface area contributed by atoms with Crippen LogP contribution in [0.25, 0.3) is 0 Å².